The number of hydrogen-bond donors (Lipinski definition) is 2. The molecular formula is C30H49NO2. The molecule has 2 aliphatic carbocycles. The molecule has 3 nitrogen and oxygen atoms in total. The van der Waals surface area contributed by atoms with Crippen molar-refractivity contribution in [3.05, 3.63) is 35.9 Å². The fraction of sp³-hybridized carbons (Fsp3) is 0.767. The summed E-state index contributed by atoms with van der Waals surface area (Å²) < 4.78 is 0. The molecule has 0 saturated heterocycles. The van der Waals surface area contributed by atoms with Crippen LogP contribution in [-0.4, -0.2) is 24.5 Å². The Bertz CT molecular complexity index is 684. The molecule has 186 valence electrons. The van der Waals surface area contributed by atoms with E-state index in [1.165, 1.54) is 38.5 Å². The molecule has 4 atom stereocenters. The van der Waals surface area contributed by atoms with E-state index in [-0.39, 0.29) is 11.8 Å². The predicted molar refractivity (Wildman–Crippen MR) is 138 cm³/mol. The van der Waals surface area contributed by atoms with Gasteiger partial charge in [0.25, 0.3) is 0 Å². The standard InChI is InChI=1S/C30H49NO2/c1-3-4-11-19-30(33,27-16-9-6-10-17-27)28-18-12-15-26(22-28)29(32)21-25(23-31-2)20-24-13-7-5-8-14-24/h6,9-10,16-17,24-26,28,31,33H,3-5,7-8,11-15,18-23H2,1-2H3/t25-,26?,28?,30?/m1/s1. The van der Waals surface area contributed by atoms with Gasteiger partial charge in [-0.05, 0) is 69.0 Å². The molecule has 0 heterocycles. The Morgan fingerprint density at radius 1 is 1.06 bits per heavy atom. The van der Waals surface area contributed by atoms with Crippen LogP contribution in [0.5, 0.6) is 0 Å². The molecule has 0 radical (unpaired) electrons. The third kappa shape index (κ3) is 7.65. The van der Waals surface area contributed by atoms with Gasteiger partial charge < -0.3 is 10.4 Å². The number of Topliss-reactive ketones (excluding diaryl/α,β-unsaturated/α-hetero) is 1. The average Bonchev–Trinajstić information content (AvgIpc) is 2.85. The van der Waals surface area contributed by atoms with Gasteiger partial charge in [-0.3, -0.25) is 4.79 Å². The lowest BCUT2D eigenvalue weighted by Gasteiger charge is -2.41. The van der Waals surface area contributed by atoms with Gasteiger partial charge in [0.15, 0.2) is 0 Å². The molecule has 0 amide bonds. The van der Waals surface area contributed by atoms with Crippen molar-refractivity contribution in [2.75, 3.05) is 13.6 Å². The van der Waals surface area contributed by atoms with E-state index in [0.29, 0.717) is 18.1 Å². The van der Waals surface area contributed by atoms with Crippen molar-refractivity contribution in [2.45, 2.75) is 109 Å². The summed E-state index contributed by atoms with van der Waals surface area (Å²) in [6.45, 7) is 3.16. The average molecular weight is 456 g/mol. The molecule has 0 spiro atoms. The summed E-state index contributed by atoms with van der Waals surface area (Å²) in [5, 5.41) is 15.4. The van der Waals surface area contributed by atoms with E-state index < -0.39 is 5.60 Å². The molecule has 33 heavy (non-hydrogen) atoms. The number of aliphatic hydroxyl groups is 1. The lowest BCUT2D eigenvalue weighted by atomic mass is 9.67. The Morgan fingerprint density at radius 3 is 2.52 bits per heavy atom. The molecule has 2 fully saturated rings. The summed E-state index contributed by atoms with van der Waals surface area (Å²) in [5.41, 5.74) is 0.242. The van der Waals surface area contributed by atoms with E-state index in [1.54, 1.807) is 0 Å². The monoisotopic (exact) mass is 455 g/mol. The number of benzene rings is 1. The molecule has 2 N–H and O–H groups in total. The lowest BCUT2D eigenvalue weighted by Crippen LogP contribution is -2.40. The van der Waals surface area contributed by atoms with Crippen molar-refractivity contribution in [1.29, 1.82) is 0 Å². The largest absolute Gasteiger partial charge is 0.385 e. The van der Waals surface area contributed by atoms with Gasteiger partial charge in [-0.2, -0.15) is 0 Å². The molecule has 0 aromatic heterocycles. The number of nitrogens with one attached hydrogen (secondary N) is 1. The number of carbonyl (C=O) groups is 1. The van der Waals surface area contributed by atoms with Gasteiger partial charge in [-0.1, -0.05) is 95.0 Å². The Morgan fingerprint density at radius 2 is 1.82 bits per heavy atom. The number of hydrogen-bond acceptors (Lipinski definition) is 3. The first-order valence-corrected chi connectivity index (χ1v) is 14.0. The minimum atomic E-state index is -0.804. The first kappa shape index (κ1) is 26.4. The molecule has 2 saturated carbocycles. The maximum absolute atomic E-state index is 13.5. The summed E-state index contributed by atoms with van der Waals surface area (Å²) in [5.74, 6) is 2.03. The number of rotatable bonds is 13. The Balaban J connectivity index is 1.65. The van der Waals surface area contributed by atoms with Crippen molar-refractivity contribution in [1.82, 2.24) is 5.32 Å². The highest BCUT2D eigenvalue weighted by Crippen LogP contribution is 2.45. The number of unbranched alkanes of at least 4 members (excludes halogenated alkanes) is 2. The molecule has 3 heteroatoms. The first-order valence-electron chi connectivity index (χ1n) is 14.0. The smallest absolute Gasteiger partial charge is 0.136 e. The predicted octanol–water partition coefficient (Wildman–Crippen LogP) is 7.03. The number of ketones is 1. The van der Waals surface area contributed by atoms with Crippen LogP contribution in [0.3, 0.4) is 0 Å². The topological polar surface area (TPSA) is 49.3 Å². The molecule has 1 aromatic carbocycles. The summed E-state index contributed by atoms with van der Waals surface area (Å²) in [4.78, 5) is 13.5. The quantitative estimate of drug-likeness (QED) is 0.314. The van der Waals surface area contributed by atoms with E-state index >= 15 is 0 Å². The Labute approximate surface area is 203 Å². The second-order valence-corrected chi connectivity index (χ2v) is 11.1. The SMILES string of the molecule is CCCCCC(O)(c1ccccc1)C1CCCC(C(=O)C[C@H](CNC)CC2CCCCC2)C1. The van der Waals surface area contributed by atoms with Crippen molar-refractivity contribution >= 4 is 5.78 Å². The van der Waals surface area contributed by atoms with Crippen molar-refractivity contribution in [3.8, 4) is 0 Å². The Hall–Kier alpha value is -1.19. The van der Waals surface area contributed by atoms with E-state index in [2.05, 4.69) is 24.4 Å². The van der Waals surface area contributed by atoms with Crippen molar-refractivity contribution < 1.29 is 9.90 Å². The van der Waals surface area contributed by atoms with Crippen LogP contribution in [0.1, 0.15) is 109 Å². The zero-order valence-corrected chi connectivity index (χ0v) is 21.4. The minimum Gasteiger partial charge on any atom is -0.385 e. The third-order valence-corrected chi connectivity index (χ3v) is 8.61. The maximum atomic E-state index is 13.5. The van der Waals surface area contributed by atoms with Crippen LogP contribution in [0.4, 0.5) is 0 Å². The zero-order chi connectivity index (χ0) is 23.5. The lowest BCUT2D eigenvalue weighted by molar-refractivity contribution is -0.127. The van der Waals surface area contributed by atoms with Crippen LogP contribution in [-0.2, 0) is 10.4 Å². The van der Waals surface area contributed by atoms with Crippen LogP contribution in [0.15, 0.2) is 30.3 Å². The summed E-state index contributed by atoms with van der Waals surface area (Å²) in [6.07, 6.45) is 16.8. The minimum absolute atomic E-state index is 0.121. The first-order chi connectivity index (χ1) is 16.1. The van der Waals surface area contributed by atoms with Crippen LogP contribution in [0.2, 0.25) is 0 Å². The second-order valence-electron chi connectivity index (χ2n) is 11.1. The highest BCUT2D eigenvalue weighted by molar-refractivity contribution is 5.81. The molecule has 0 aliphatic heterocycles. The van der Waals surface area contributed by atoms with E-state index in [4.69, 9.17) is 0 Å². The van der Waals surface area contributed by atoms with Gasteiger partial charge >= 0.3 is 0 Å². The number of carbonyl (C=O) groups excluding carboxylic acids is 1. The van der Waals surface area contributed by atoms with Crippen LogP contribution in [0, 0.1) is 23.7 Å². The fourth-order valence-corrected chi connectivity index (χ4v) is 6.74. The van der Waals surface area contributed by atoms with Crippen molar-refractivity contribution in [2.24, 2.45) is 23.7 Å². The van der Waals surface area contributed by atoms with E-state index in [1.807, 2.05) is 25.2 Å². The highest BCUT2D eigenvalue weighted by atomic mass is 16.3. The molecule has 3 rings (SSSR count). The van der Waals surface area contributed by atoms with E-state index in [0.717, 1.165) is 69.4 Å². The van der Waals surface area contributed by atoms with Crippen LogP contribution in [0.25, 0.3) is 0 Å². The third-order valence-electron chi connectivity index (χ3n) is 8.61. The summed E-state index contributed by atoms with van der Waals surface area (Å²) in [7, 11) is 2.02. The van der Waals surface area contributed by atoms with Gasteiger partial charge in [0, 0.05) is 12.3 Å². The van der Waals surface area contributed by atoms with Gasteiger partial charge in [0.2, 0.25) is 0 Å². The van der Waals surface area contributed by atoms with Gasteiger partial charge in [0.05, 0.1) is 5.60 Å². The summed E-state index contributed by atoms with van der Waals surface area (Å²) in [6, 6.07) is 10.3. The van der Waals surface area contributed by atoms with Gasteiger partial charge in [-0.15, -0.1) is 0 Å². The normalized spacial score (nSPS) is 24.8. The molecule has 2 aliphatic rings. The van der Waals surface area contributed by atoms with Crippen molar-refractivity contribution in [3.63, 3.8) is 0 Å². The van der Waals surface area contributed by atoms with Gasteiger partial charge in [0.1, 0.15) is 5.78 Å². The zero-order valence-electron chi connectivity index (χ0n) is 21.4. The molecule has 0 bridgehead atoms. The Kier molecular flexibility index (Phi) is 10.9. The fourth-order valence-electron chi connectivity index (χ4n) is 6.74. The molecule has 1 aromatic rings. The maximum Gasteiger partial charge on any atom is 0.136 e. The molecular weight excluding hydrogens is 406 g/mol. The van der Waals surface area contributed by atoms with Crippen LogP contribution < -0.4 is 5.32 Å². The highest BCUT2D eigenvalue weighted by Gasteiger charge is 2.42. The van der Waals surface area contributed by atoms with Gasteiger partial charge in [-0.25, -0.2) is 0 Å². The summed E-state index contributed by atoms with van der Waals surface area (Å²) >= 11 is 0. The van der Waals surface area contributed by atoms with Crippen LogP contribution >= 0.6 is 0 Å². The molecule has 3 unspecified atom stereocenters. The second kappa shape index (κ2) is 13.6. The van der Waals surface area contributed by atoms with E-state index in [9.17, 15) is 9.90 Å².